The van der Waals surface area contributed by atoms with Crippen LogP contribution in [0.2, 0.25) is 0 Å². The van der Waals surface area contributed by atoms with Crippen LogP contribution in [0, 0.1) is 12.3 Å². The molecule has 1 atom stereocenters. The molecule has 3 heteroatoms. The third-order valence-corrected chi connectivity index (χ3v) is 2.97. The zero-order valence-corrected chi connectivity index (χ0v) is 12.1. The number of benzene rings is 1. The lowest BCUT2D eigenvalue weighted by atomic mass is 10.0. The van der Waals surface area contributed by atoms with Gasteiger partial charge >= 0.3 is 5.97 Å². The molecule has 1 unspecified atom stereocenters. The Hall–Kier alpha value is -1.02. The second kappa shape index (κ2) is 6.65. The second-order valence-corrected chi connectivity index (χ2v) is 5.18. The first-order chi connectivity index (χ1) is 8.02. The van der Waals surface area contributed by atoms with E-state index in [1.165, 1.54) is 5.56 Å². The summed E-state index contributed by atoms with van der Waals surface area (Å²) in [5.74, 6) is 2.55. The van der Waals surface area contributed by atoms with Crippen molar-refractivity contribution in [2.75, 3.05) is 0 Å². The highest BCUT2D eigenvalue weighted by molar-refractivity contribution is 14.1. The van der Waals surface area contributed by atoms with E-state index in [-0.39, 0.29) is 12.4 Å². The summed E-state index contributed by atoms with van der Waals surface area (Å²) >= 11 is 1.90. The minimum atomic E-state index is -0.491. The predicted molar refractivity (Wildman–Crippen MR) is 77.0 cm³/mol. The molecule has 0 saturated heterocycles. The van der Waals surface area contributed by atoms with Crippen molar-refractivity contribution in [2.24, 2.45) is 0 Å². The van der Waals surface area contributed by atoms with Gasteiger partial charge in [0, 0.05) is 0 Å². The standard InChI is InChI=1S/C14H15IO2/c1-4-13(15)17-14(16)9-11-5-7-12(8-6-11)10(2)3/h1,5-8,10,13H,9H2,2-3H3. The van der Waals surface area contributed by atoms with Crippen molar-refractivity contribution in [1.29, 1.82) is 0 Å². The van der Waals surface area contributed by atoms with Crippen LogP contribution in [0.3, 0.4) is 0 Å². The fourth-order valence-corrected chi connectivity index (χ4v) is 1.66. The van der Waals surface area contributed by atoms with Crippen LogP contribution < -0.4 is 0 Å². The highest BCUT2D eigenvalue weighted by atomic mass is 127. The van der Waals surface area contributed by atoms with Crippen LogP contribution in [-0.4, -0.2) is 10.1 Å². The minimum Gasteiger partial charge on any atom is -0.439 e. The maximum Gasteiger partial charge on any atom is 0.312 e. The molecule has 17 heavy (non-hydrogen) atoms. The maximum atomic E-state index is 11.5. The zero-order chi connectivity index (χ0) is 12.8. The van der Waals surface area contributed by atoms with E-state index in [4.69, 9.17) is 11.2 Å². The van der Waals surface area contributed by atoms with Crippen LogP contribution in [0.1, 0.15) is 30.9 Å². The molecule has 0 aliphatic carbocycles. The van der Waals surface area contributed by atoms with Gasteiger partial charge in [0.2, 0.25) is 4.11 Å². The number of hydrogen-bond acceptors (Lipinski definition) is 2. The van der Waals surface area contributed by atoms with Gasteiger partial charge in [0.25, 0.3) is 0 Å². The summed E-state index contributed by atoms with van der Waals surface area (Å²) in [7, 11) is 0. The molecule has 0 heterocycles. The normalized spacial score (nSPS) is 11.9. The van der Waals surface area contributed by atoms with E-state index in [0.717, 1.165) is 5.56 Å². The molecule has 0 fully saturated rings. The molecule has 1 aromatic rings. The van der Waals surface area contributed by atoms with Crippen molar-refractivity contribution in [3.05, 3.63) is 35.4 Å². The van der Waals surface area contributed by atoms with Crippen molar-refractivity contribution in [2.45, 2.75) is 30.3 Å². The molecular formula is C14H15IO2. The van der Waals surface area contributed by atoms with Crippen molar-refractivity contribution in [1.82, 2.24) is 0 Å². The van der Waals surface area contributed by atoms with Gasteiger partial charge in [-0.1, -0.05) is 44.0 Å². The number of alkyl halides is 1. The fraction of sp³-hybridized carbons (Fsp3) is 0.357. The van der Waals surface area contributed by atoms with E-state index in [1.807, 2.05) is 46.9 Å². The number of esters is 1. The van der Waals surface area contributed by atoms with E-state index in [2.05, 4.69) is 19.8 Å². The van der Waals surface area contributed by atoms with Gasteiger partial charge in [0.05, 0.1) is 6.42 Å². The van der Waals surface area contributed by atoms with Gasteiger partial charge in [-0.05, 0) is 39.6 Å². The van der Waals surface area contributed by atoms with Gasteiger partial charge < -0.3 is 4.74 Å². The number of hydrogen-bond donors (Lipinski definition) is 0. The Labute approximate surface area is 116 Å². The largest absolute Gasteiger partial charge is 0.439 e. The summed E-state index contributed by atoms with van der Waals surface area (Å²) < 4.78 is 4.50. The Morgan fingerprint density at radius 3 is 2.47 bits per heavy atom. The van der Waals surface area contributed by atoms with Crippen molar-refractivity contribution < 1.29 is 9.53 Å². The van der Waals surface area contributed by atoms with Crippen LogP contribution in [0.5, 0.6) is 0 Å². The van der Waals surface area contributed by atoms with Gasteiger partial charge in [0.1, 0.15) is 0 Å². The van der Waals surface area contributed by atoms with E-state index >= 15 is 0 Å². The lowest BCUT2D eigenvalue weighted by Gasteiger charge is -2.08. The summed E-state index contributed by atoms with van der Waals surface area (Å²) in [5.41, 5.74) is 2.21. The lowest BCUT2D eigenvalue weighted by molar-refractivity contribution is -0.142. The number of halogens is 1. The topological polar surface area (TPSA) is 26.3 Å². The van der Waals surface area contributed by atoms with Gasteiger partial charge in [-0.25, -0.2) is 0 Å². The molecule has 90 valence electrons. The number of ether oxygens (including phenoxy) is 1. The Kier molecular flexibility index (Phi) is 5.49. The minimum absolute atomic E-state index is 0.263. The van der Waals surface area contributed by atoms with Crippen LogP contribution >= 0.6 is 22.6 Å². The van der Waals surface area contributed by atoms with Gasteiger partial charge in [0.15, 0.2) is 0 Å². The monoisotopic (exact) mass is 342 g/mol. The summed E-state index contributed by atoms with van der Waals surface area (Å²) in [6.07, 6.45) is 5.40. The molecular weight excluding hydrogens is 327 g/mol. The van der Waals surface area contributed by atoms with E-state index in [9.17, 15) is 4.79 Å². The Morgan fingerprint density at radius 2 is 2.00 bits per heavy atom. The SMILES string of the molecule is C#CC(I)OC(=O)Cc1ccc(C(C)C)cc1. The number of carbonyl (C=O) groups excluding carboxylic acids is 1. The van der Waals surface area contributed by atoms with Gasteiger partial charge in [-0.2, -0.15) is 0 Å². The molecule has 0 N–H and O–H groups in total. The fourth-order valence-electron chi connectivity index (χ4n) is 1.38. The molecule has 0 aliphatic heterocycles. The molecule has 1 rings (SSSR count). The molecule has 0 aliphatic rings. The molecule has 0 amide bonds. The highest BCUT2D eigenvalue weighted by Gasteiger charge is 2.09. The summed E-state index contributed by atoms with van der Waals surface area (Å²) in [6, 6.07) is 7.98. The average molecular weight is 342 g/mol. The number of terminal acetylenes is 1. The Bertz CT molecular complexity index is 415. The average Bonchev–Trinajstić information content (AvgIpc) is 2.29. The Morgan fingerprint density at radius 1 is 1.41 bits per heavy atom. The smallest absolute Gasteiger partial charge is 0.312 e. The molecule has 0 spiro atoms. The second-order valence-electron chi connectivity index (χ2n) is 4.05. The van der Waals surface area contributed by atoms with Crippen molar-refractivity contribution in [3.63, 3.8) is 0 Å². The summed E-state index contributed by atoms with van der Waals surface area (Å²) in [4.78, 5) is 11.5. The van der Waals surface area contributed by atoms with Crippen LogP contribution in [0.25, 0.3) is 0 Å². The number of carbonyl (C=O) groups is 1. The Balaban J connectivity index is 2.58. The zero-order valence-electron chi connectivity index (χ0n) is 9.94. The van der Waals surface area contributed by atoms with Crippen LogP contribution in [-0.2, 0) is 16.0 Å². The van der Waals surface area contributed by atoms with E-state index in [1.54, 1.807) is 0 Å². The quantitative estimate of drug-likeness (QED) is 0.363. The van der Waals surface area contributed by atoms with E-state index < -0.39 is 4.11 Å². The third-order valence-electron chi connectivity index (χ3n) is 2.36. The summed E-state index contributed by atoms with van der Waals surface area (Å²) in [5, 5.41) is 0. The number of rotatable bonds is 4. The molecule has 0 radical (unpaired) electrons. The highest BCUT2D eigenvalue weighted by Crippen LogP contribution is 2.15. The van der Waals surface area contributed by atoms with Gasteiger partial charge in [-0.3, -0.25) is 4.79 Å². The molecule has 1 aromatic carbocycles. The van der Waals surface area contributed by atoms with E-state index in [0.29, 0.717) is 5.92 Å². The van der Waals surface area contributed by atoms with Crippen molar-refractivity contribution >= 4 is 28.6 Å². The molecule has 2 nitrogen and oxygen atoms in total. The van der Waals surface area contributed by atoms with Crippen LogP contribution in [0.4, 0.5) is 0 Å². The first-order valence-electron chi connectivity index (χ1n) is 5.41. The maximum absolute atomic E-state index is 11.5. The molecule has 0 bridgehead atoms. The predicted octanol–water partition coefficient (Wildman–Crippen LogP) is 3.29. The lowest BCUT2D eigenvalue weighted by Crippen LogP contribution is -2.12. The first-order valence-corrected chi connectivity index (χ1v) is 6.66. The van der Waals surface area contributed by atoms with Crippen LogP contribution in [0.15, 0.2) is 24.3 Å². The van der Waals surface area contributed by atoms with Crippen molar-refractivity contribution in [3.8, 4) is 12.3 Å². The third kappa shape index (κ3) is 4.78. The molecule has 0 saturated carbocycles. The molecule has 0 aromatic heterocycles. The van der Waals surface area contributed by atoms with Gasteiger partial charge in [-0.15, -0.1) is 6.42 Å². The summed E-state index contributed by atoms with van der Waals surface area (Å²) in [6.45, 7) is 4.27. The first kappa shape index (κ1) is 14.0.